The molecule has 0 radical (unpaired) electrons. The molecular weight excluding hydrogens is 554 g/mol. The molecule has 3 aromatic carbocycles. The molecule has 1 aliphatic heterocycles. The van der Waals surface area contributed by atoms with Gasteiger partial charge in [-0.3, -0.25) is 10.2 Å². The summed E-state index contributed by atoms with van der Waals surface area (Å²) in [5, 5.41) is 9.59. The molecule has 1 heterocycles. The largest absolute Gasteiger partial charge is 0.490 e. The molecule has 3 aromatic rings. The van der Waals surface area contributed by atoms with Crippen LogP contribution < -0.4 is 15.2 Å². The van der Waals surface area contributed by atoms with E-state index < -0.39 is 21.7 Å². The average Bonchev–Trinajstić information content (AvgIpc) is 2.96. The summed E-state index contributed by atoms with van der Waals surface area (Å²) in [6.45, 7) is 8.49. The predicted octanol–water partition coefficient (Wildman–Crippen LogP) is 5.03. The summed E-state index contributed by atoms with van der Waals surface area (Å²) in [5.74, 6) is 0.915. The van der Waals surface area contributed by atoms with Crippen LogP contribution in [0.3, 0.4) is 0 Å². The number of carbonyl (C=O) groups is 1. The SMILES string of the molecule is CCC(C)(C)C(=O)OS(=O)(=O)NCc1ccc2ccc(C(N)=Nc3ccc(OC4CCN(C(C)=N)CC4)cc3)cc2c1. The number of ether oxygens (including phenoxy) is 1. The number of amidine groups is 2. The molecule has 42 heavy (non-hydrogen) atoms. The molecule has 0 aromatic heterocycles. The van der Waals surface area contributed by atoms with Gasteiger partial charge in [0.1, 0.15) is 17.7 Å². The Morgan fingerprint density at radius 1 is 1.07 bits per heavy atom. The minimum atomic E-state index is -4.26. The topological polar surface area (TPSA) is 147 Å². The van der Waals surface area contributed by atoms with Crippen molar-refractivity contribution in [2.24, 2.45) is 16.1 Å². The van der Waals surface area contributed by atoms with Crippen LogP contribution in [0.15, 0.2) is 65.7 Å². The fourth-order valence-corrected chi connectivity index (χ4v) is 5.26. The number of fused-ring (bicyclic) bond motifs is 1. The van der Waals surface area contributed by atoms with Crippen molar-refractivity contribution in [2.75, 3.05) is 13.1 Å². The van der Waals surface area contributed by atoms with E-state index in [1.807, 2.05) is 67.6 Å². The van der Waals surface area contributed by atoms with E-state index >= 15 is 0 Å². The van der Waals surface area contributed by atoms with E-state index in [0.29, 0.717) is 29.3 Å². The van der Waals surface area contributed by atoms with E-state index in [0.717, 1.165) is 48.0 Å². The lowest BCUT2D eigenvalue weighted by Crippen LogP contribution is -2.40. The third-order valence-electron chi connectivity index (χ3n) is 7.58. The predicted molar refractivity (Wildman–Crippen MR) is 165 cm³/mol. The van der Waals surface area contributed by atoms with Crippen molar-refractivity contribution in [3.8, 4) is 5.75 Å². The highest BCUT2D eigenvalue weighted by Gasteiger charge is 2.31. The first-order valence-electron chi connectivity index (χ1n) is 14.0. The number of nitrogens with zero attached hydrogens (tertiary/aromatic N) is 2. The van der Waals surface area contributed by atoms with Crippen molar-refractivity contribution in [1.82, 2.24) is 9.62 Å². The minimum absolute atomic E-state index is 0.0399. The maximum atomic E-state index is 12.3. The third-order valence-corrected chi connectivity index (χ3v) is 8.45. The number of nitrogens with one attached hydrogen (secondary N) is 2. The van der Waals surface area contributed by atoms with Crippen molar-refractivity contribution < 1.29 is 22.1 Å². The van der Waals surface area contributed by atoms with Gasteiger partial charge >= 0.3 is 16.3 Å². The second-order valence-corrected chi connectivity index (χ2v) is 12.5. The van der Waals surface area contributed by atoms with Gasteiger partial charge in [-0.2, -0.15) is 13.1 Å². The van der Waals surface area contributed by atoms with Crippen LogP contribution in [0.25, 0.3) is 10.8 Å². The van der Waals surface area contributed by atoms with Crippen molar-refractivity contribution in [1.29, 1.82) is 5.41 Å². The number of piperidine rings is 1. The molecule has 0 spiro atoms. The standard InChI is InChI=1S/C31H39N5O5S/c1-5-31(3,4)30(37)41-42(38,39)34-20-22-6-7-23-8-9-24(19-25(23)18-22)29(33)35-26-10-12-27(13-11-26)40-28-14-16-36(17-15-28)21(2)32/h6-13,18-19,28,32,34H,5,14-17,20H2,1-4H3,(H2,33,35). The quantitative estimate of drug-likeness (QED) is 0.221. The van der Waals surface area contributed by atoms with Gasteiger partial charge in [0.2, 0.25) is 0 Å². The van der Waals surface area contributed by atoms with Crippen LogP contribution in [-0.2, 0) is 25.8 Å². The number of aliphatic imine (C=N–C) groups is 1. The van der Waals surface area contributed by atoms with Crippen LogP contribution >= 0.6 is 0 Å². The molecule has 0 atom stereocenters. The molecule has 4 N–H and O–H groups in total. The molecule has 4 rings (SSSR count). The lowest BCUT2D eigenvalue weighted by Gasteiger charge is -2.32. The first-order chi connectivity index (χ1) is 19.8. The van der Waals surface area contributed by atoms with Crippen LogP contribution in [0.2, 0.25) is 0 Å². The molecular formula is C31H39N5O5S. The van der Waals surface area contributed by atoms with Crippen LogP contribution in [-0.4, -0.2) is 50.2 Å². The first kappa shape index (κ1) is 31.0. The zero-order chi connectivity index (χ0) is 30.5. The van der Waals surface area contributed by atoms with E-state index in [4.69, 9.17) is 20.1 Å². The van der Waals surface area contributed by atoms with Crippen LogP contribution in [0, 0.1) is 10.8 Å². The fraction of sp³-hybridized carbons (Fsp3) is 0.387. The Morgan fingerprint density at radius 2 is 1.74 bits per heavy atom. The van der Waals surface area contributed by atoms with Crippen LogP contribution in [0.5, 0.6) is 5.75 Å². The Balaban J connectivity index is 1.39. The number of hydrogen-bond acceptors (Lipinski definition) is 7. The highest BCUT2D eigenvalue weighted by molar-refractivity contribution is 7.85. The molecule has 0 bridgehead atoms. The van der Waals surface area contributed by atoms with Gasteiger partial charge in [0.15, 0.2) is 0 Å². The molecule has 1 saturated heterocycles. The monoisotopic (exact) mass is 593 g/mol. The normalized spacial score (nSPS) is 15.0. The molecule has 11 heteroatoms. The van der Waals surface area contributed by atoms with Gasteiger partial charge < -0.3 is 19.6 Å². The Labute approximate surface area is 247 Å². The van der Waals surface area contributed by atoms with Crippen molar-refractivity contribution in [3.63, 3.8) is 0 Å². The zero-order valence-corrected chi connectivity index (χ0v) is 25.3. The van der Waals surface area contributed by atoms with Gasteiger partial charge in [-0.15, -0.1) is 0 Å². The van der Waals surface area contributed by atoms with E-state index in [1.54, 1.807) is 20.8 Å². The van der Waals surface area contributed by atoms with Gasteiger partial charge in [0.25, 0.3) is 0 Å². The number of rotatable bonds is 10. The van der Waals surface area contributed by atoms with Crippen LogP contribution in [0.4, 0.5) is 5.69 Å². The minimum Gasteiger partial charge on any atom is -0.490 e. The Morgan fingerprint density at radius 3 is 2.38 bits per heavy atom. The molecule has 10 nitrogen and oxygen atoms in total. The highest BCUT2D eigenvalue weighted by Crippen LogP contribution is 2.25. The number of benzene rings is 3. The van der Waals surface area contributed by atoms with Crippen LogP contribution in [0.1, 0.15) is 58.1 Å². The number of carbonyl (C=O) groups excluding carboxylic acids is 1. The molecule has 1 fully saturated rings. The summed E-state index contributed by atoms with van der Waals surface area (Å²) >= 11 is 0. The maximum Gasteiger partial charge on any atom is 0.385 e. The Kier molecular flexibility index (Phi) is 9.53. The van der Waals surface area contributed by atoms with E-state index in [2.05, 4.69) is 14.6 Å². The second kappa shape index (κ2) is 12.9. The number of hydrogen-bond donors (Lipinski definition) is 3. The van der Waals surface area contributed by atoms with Gasteiger partial charge in [0.05, 0.1) is 16.9 Å². The highest BCUT2D eigenvalue weighted by atomic mass is 32.2. The zero-order valence-electron chi connectivity index (χ0n) is 24.5. The fourth-order valence-electron chi connectivity index (χ4n) is 4.43. The maximum absolute atomic E-state index is 12.3. The van der Waals surface area contributed by atoms with Crippen molar-refractivity contribution in [2.45, 2.75) is 59.6 Å². The summed E-state index contributed by atoms with van der Waals surface area (Å²) in [7, 11) is -4.26. The van der Waals surface area contributed by atoms with Crippen molar-refractivity contribution >= 4 is 44.4 Å². The number of nitrogens with two attached hydrogens (primary N) is 1. The van der Waals surface area contributed by atoms with Gasteiger partial charge in [-0.1, -0.05) is 31.2 Å². The van der Waals surface area contributed by atoms with Gasteiger partial charge in [0, 0.05) is 38.0 Å². The third kappa shape index (κ3) is 8.07. The number of likely N-dealkylation sites (tertiary alicyclic amines) is 1. The molecule has 224 valence electrons. The summed E-state index contributed by atoms with van der Waals surface area (Å²) in [4.78, 5) is 18.8. The molecule has 1 aliphatic rings. The summed E-state index contributed by atoms with van der Waals surface area (Å²) in [5.41, 5.74) is 7.56. The molecule has 0 amide bonds. The molecule has 0 aliphatic carbocycles. The lowest BCUT2D eigenvalue weighted by atomic mass is 9.91. The van der Waals surface area contributed by atoms with E-state index in [-0.39, 0.29) is 12.6 Å². The van der Waals surface area contributed by atoms with E-state index in [1.165, 1.54) is 0 Å². The molecule has 0 unspecified atom stereocenters. The Bertz CT molecular complexity index is 1580. The summed E-state index contributed by atoms with van der Waals surface area (Å²) in [6.07, 6.45) is 2.33. The summed E-state index contributed by atoms with van der Waals surface area (Å²) < 4.78 is 37.8. The summed E-state index contributed by atoms with van der Waals surface area (Å²) in [6, 6.07) is 18.7. The Hall–Kier alpha value is -3.96. The first-order valence-corrected chi connectivity index (χ1v) is 15.4. The van der Waals surface area contributed by atoms with Gasteiger partial charge in [-0.25, -0.2) is 4.99 Å². The average molecular weight is 594 g/mol. The smallest absolute Gasteiger partial charge is 0.385 e. The van der Waals surface area contributed by atoms with E-state index in [9.17, 15) is 13.2 Å². The molecule has 0 saturated carbocycles. The lowest BCUT2D eigenvalue weighted by molar-refractivity contribution is -0.143. The second-order valence-electron chi connectivity index (χ2n) is 11.2. The van der Waals surface area contributed by atoms with Crippen molar-refractivity contribution in [3.05, 3.63) is 71.8 Å². The van der Waals surface area contributed by atoms with Gasteiger partial charge in [-0.05, 0) is 79.9 Å².